The first-order chi connectivity index (χ1) is 10.2. The second kappa shape index (κ2) is 5.11. The standard InChI is InChI=1S/C17H24O4/c1-11-8-13(11)14-2-3-15(21-14)16(18)12-4-6-20-17(9-12)5-7-19-10-17/h2-3,11-13,16,18H,4-10H2,1H3. The third kappa shape index (κ3) is 2.54. The number of furan rings is 1. The Morgan fingerprint density at radius 1 is 1.33 bits per heavy atom. The lowest BCUT2D eigenvalue weighted by atomic mass is 9.81. The summed E-state index contributed by atoms with van der Waals surface area (Å²) >= 11 is 0. The highest BCUT2D eigenvalue weighted by Crippen LogP contribution is 2.48. The molecule has 4 heteroatoms. The largest absolute Gasteiger partial charge is 0.463 e. The van der Waals surface area contributed by atoms with Gasteiger partial charge in [-0.1, -0.05) is 6.92 Å². The summed E-state index contributed by atoms with van der Waals surface area (Å²) in [6.07, 6.45) is 3.39. The second-order valence-electron chi connectivity index (χ2n) is 7.09. The first-order valence-electron chi connectivity index (χ1n) is 8.16. The Bertz CT molecular complexity index is 503. The Balaban J connectivity index is 1.46. The third-order valence-corrected chi connectivity index (χ3v) is 5.46. The fraction of sp³-hybridized carbons (Fsp3) is 0.765. The van der Waals surface area contributed by atoms with Crippen molar-refractivity contribution in [1.29, 1.82) is 0 Å². The van der Waals surface area contributed by atoms with Crippen LogP contribution in [0.4, 0.5) is 0 Å². The van der Waals surface area contributed by atoms with Crippen molar-refractivity contribution in [3.05, 3.63) is 23.7 Å². The summed E-state index contributed by atoms with van der Waals surface area (Å²) < 4.78 is 17.4. The molecular formula is C17H24O4. The normalized spacial score (nSPS) is 40.6. The van der Waals surface area contributed by atoms with Crippen LogP contribution >= 0.6 is 0 Å². The number of ether oxygens (including phenoxy) is 2. The molecule has 0 amide bonds. The van der Waals surface area contributed by atoms with Crippen LogP contribution in [0.2, 0.25) is 0 Å². The van der Waals surface area contributed by atoms with Crippen LogP contribution in [0.25, 0.3) is 0 Å². The molecule has 1 N–H and O–H groups in total. The van der Waals surface area contributed by atoms with Gasteiger partial charge in [0.2, 0.25) is 0 Å². The molecule has 0 aromatic carbocycles. The van der Waals surface area contributed by atoms with Gasteiger partial charge in [0.05, 0.1) is 12.2 Å². The Morgan fingerprint density at radius 2 is 2.19 bits per heavy atom. The molecule has 1 spiro atoms. The van der Waals surface area contributed by atoms with Crippen molar-refractivity contribution >= 4 is 0 Å². The minimum atomic E-state index is -0.519. The molecule has 116 valence electrons. The number of aliphatic hydroxyl groups is 1. The predicted molar refractivity (Wildman–Crippen MR) is 77.0 cm³/mol. The van der Waals surface area contributed by atoms with Gasteiger partial charge in [-0.15, -0.1) is 0 Å². The molecule has 1 saturated carbocycles. The lowest BCUT2D eigenvalue weighted by Gasteiger charge is -2.38. The fourth-order valence-electron chi connectivity index (χ4n) is 3.88. The molecule has 4 nitrogen and oxygen atoms in total. The molecule has 5 atom stereocenters. The van der Waals surface area contributed by atoms with Crippen LogP contribution in [0.1, 0.15) is 56.1 Å². The molecule has 0 radical (unpaired) electrons. The maximum absolute atomic E-state index is 10.7. The molecule has 21 heavy (non-hydrogen) atoms. The van der Waals surface area contributed by atoms with Gasteiger partial charge in [-0.3, -0.25) is 0 Å². The van der Waals surface area contributed by atoms with E-state index in [9.17, 15) is 5.11 Å². The molecule has 5 unspecified atom stereocenters. The van der Waals surface area contributed by atoms with Gasteiger partial charge in [0, 0.05) is 25.6 Å². The van der Waals surface area contributed by atoms with Crippen molar-refractivity contribution < 1.29 is 19.0 Å². The van der Waals surface area contributed by atoms with E-state index in [-0.39, 0.29) is 11.5 Å². The van der Waals surface area contributed by atoms with E-state index in [0.29, 0.717) is 19.1 Å². The van der Waals surface area contributed by atoms with Crippen molar-refractivity contribution in [2.75, 3.05) is 19.8 Å². The summed E-state index contributed by atoms with van der Waals surface area (Å²) in [5.41, 5.74) is -0.162. The number of hydrogen-bond donors (Lipinski definition) is 1. The molecule has 0 bridgehead atoms. The zero-order valence-electron chi connectivity index (χ0n) is 12.6. The molecule has 1 aliphatic carbocycles. The van der Waals surface area contributed by atoms with Crippen molar-refractivity contribution in [1.82, 2.24) is 0 Å². The van der Waals surface area contributed by atoms with Crippen LogP contribution in [0, 0.1) is 11.8 Å². The maximum atomic E-state index is 10.7. The molecular weight excluding hydrogens is 268 g/mol. The third-order valence-electron chi connectivity index (χ3n) is 5.46. The van der Waals surface area contributed by atoms with Crippen LogP contribution in [0.5, 0.6) is 0 Å². The Kier molecular flexibility index (Phi) is 3.36. The van der Waals surface area contributed by atoms with Gasteiger partial charge in [-0.05, 0) is 43.2 Å². The average Bonchev–Trinajstić information content (AvgIpc) is 2.93. The van der Waals surface area contributed by atoms with Crippen molar-refractivity contribution in [3.8, 4) is 0 Å². The van der Waals surface area contributed by atoms with E-state index < -0.39 is 6.10 Å². The fourth-order valence-corrected chi connectivity index (χ4v) is 3.88. The summed E-state index contributed by atoms with van der Waals surface area (Å²) in [4.78, 5) is 0. The topological polar surface area (TPSA) is 51.8 Å². The molecule has 3 heterocycles. The summed E-state index contributed by atoms with van der Waals surface area (Å²) in [7, 11) is 0. The molecule has 2 aliphatic heterocycles. The minimum Gasteiger partial charge on any atom is -0.463 e. The highest BCUT2D eigenvalue weighted by Gasteiger charge is 2.44. The Morgan fingerprint density at radius 3 is 2.90 bits per heavy atom. The summed E-state index contributed by atoms with van der Waals surface area (Å²) in [5, 5.41) is 10.7. The second-order valence-corrected chi connectivity index (χ2v) is 7.09. The quantitative estimate of drug-likeness (QED) is 0.930. The van der Waals surface area contributed by atoms with Gasteiger partial charge in [0.15, 0.2) is 0 Å². The van der Waals surface area contributed by atoms with E-state index in [4.69, 9.17) is 13.9 Å². The SMILES string of the molecule is CC1CC1c1ccc(C(O)C2CCOC3(CCOC3)C2)o1. The highest BCUT2D eigenvalue weighted by molar-refractivity contribution is 5.19. The number of hydrogen-bond acceptors (Lipinski definition) is 4. The van der Waals surface area contributed by atoms with Gasteiger partial charge in [0.25, 0.3) is 0 Å². The van der Waals surface area contributed by atoms with E-state index >= 15 is 0 Å². The molecule has 1 aromatic rings. The number of rotatable bonds is 3. The van der Waals surface area contributed by atoms with E-state index in [0.717, 1.165) is 43.3 Å². The molecule has 1 aromatic heterocycles. The van der Waals surface area contributed by atoms with Crippen molar-refractivity contribution in [3.63, 3.8) is 0 Å². The van der Waals surface area contributed by atoms with Crippen LogP contribution in [-0.4, -0.2) is 30.5 Å². The van der Waals surface area contributed by atoms with E-state index in [2.05, 4.69) is 6.92 Å². The van der Waals surface area contributed by atoms with E-state index in [1.807, 2.05) is 12.1 Å². The zero-order valence-corrected chi connectivity index (χ0v) is 12.6. The highest BCUT2D eigenvalue weighted by atomic mass is 16.6. The van der Waals surface area contributed by atoms with Crippen LogP contribution in [-0.2, 0) is 9.47 Å². The van der Waals surface area contributed by atoms with Crippen LogP contribution in [0.15, 0.2) is 16.5 Å². The predicted octanol–water partition coefficient (Wildman–Crippen LogP) is 3.02. The molecule has 2 saturated heterocycles. The first kappa shape index (κ1) is 13.8. The Labute approximate surface area is 125 Å². The Hall–Kier alpha value is -0.840. The lowest BCUT2D eigenvalue weighted by molar-refractivity contribution is -0.119. The maximum Gasteiger partial charge on any atom is 0.132 e. The minimum absolute atomic E-state index is 0.162. The average molecular weight is 292 g/mol. The zero-order chi connectivity index (χ0) is 14.4. The van der Waals surface area contributed by atoms with Gasteiger partial charge >= 0.3 is 0 Å². The first-order valence-corrected chi connectivity index (χ1v) is 8.16. The van der Waals surface area contributed by atoms with Crippen LogP contribution in [0.3, 0.4) is 0 Å². The molecule has 3 aliphatic rings. The van der Waals surface area contributed by atoms with Gasteiger partial charge in [-0.2, -0.15) is 0 Å². The smallest absolute Gasteiger partial charge is 0.132 e. The van der Waals surface area contributed by atoms with Crippen molar-refractivity contribution in [2.24, 2.45) is 11.8 Å². The van der Waals surface area contributed by atoms with Crippen molar-refractivity contribution in [2.45, 2.75) is 50.2 Å². The monoisotopic (exact) mass is 292 g/mol. The summed E-state index contributed by atoms with van der Waals surface area (Å²) in [5.74, 6) is 3.27. The van der Waals surface area contributed by atoms with Gasteiger partial charge < -0.3 is 19.0 Å². The van der Waals surface area contributed by atoms with E-state index in [1.54, 1.807) is 0 Å². The summed E-state index contributed by atoms with van der Waals surface area (Å²) in [6.45, 7) is 4.39. The summed E-state index contributed by atoms with van der Waals surface area (Å²) in [6, 6.07) is 4.00. The lowest BCUT2D eigenvalue weighted by Crippen LogP contribution is -2.41. The molecule has 4 rings (SSSR count). The van der Waals surface area contributed by atoms with E-state index in [1.165, 1.54) is 6.42 Å². The van der Waals surface area contributed by atoms with Gasteiger partial charge in [-0.25, -0.2) is 0 Å². The number of aliphatic hydroxyl groups excluding tert-OH is 1. The molecule has 3 fully saturated rings. The van der Waals surface area contributed by atoms with Crippen LogP contribution < -0.4 is 0 Å². The van der Waals surface area contributed by atoms with Gasteiger partial charge in [0.1, 0.15) is 17.6 Å².